The Bertz CT molecular complexity index is 284. The number of carbonyl (C=O) groups is 1. The van der Waals surface area contributed by atoms with Gasteiger partial charge in [-0.15, -0.1) is 11.8 Å². The van der Waals surface area contributed by atoms with E-state index in [0.717, 1.165) is 11.8 Å². The molecule has 0 aliphatic carbocycles. The van der Waals surface area contributed by atoms with E-state index in [1.54, 1.807) is 0 Å². The van der Waals surface area contributed by atoms with Crippen LogP contribution in [0.15, 0.2) is 0 Å². The van der Waals surface area contributed by atoms with Crippen molar-refractivity contribution in [3.05, 3.63) is 0 Å². The van der Waals surface area contributed by atoms with E-state index < -0.39 is 36.1 Å². The summed E-state index contributed by atoms with van der Waals surface area (Å²) in [5, 5.41) is 34.8. The van der Waals surface area contributed by atoms with Gasteiger partial charge in [0.2, 0.25) is 0 Å². The van der Waals surface area contributed by atoms with Crippen LogP contribution in [0.5, 0.6) is 0 Å². The molecule has 0 saturated carbocycles. The number of hydrogen-bond donors (Lipinski definition) is 5. The van der Waals surface area contributed by atoms with Gasteiger partial charge in [-0.25, -0.2) is 0 Å². The van der Waals surface area contributed by atoms with E-state index in [1.807, 2.05) is 0 Å². The number of nitrogens with one attached hydrogen (secondary N) is 1. The zero-order chi connectivity index (χ0) is 12.3. The average molecular weight is 250 g/mol. The minimum Gasteiger partial charge on any atom is -0.393 e. The van der Waals surface area contributed by atoms with Crippen LogP contribution in [-0.4, -0.2) is 63.0 Å². The Morgan fingerprint density at radius 1 is 1.56 bits per heavy atom. The molecule has 1 saturated heterocycles. The molecule has 16 heavy (non-hydrogen) atoms. The third-order valence-electron chi connectivity index (χ3n) is 2.08. The summed E-state index contributed by atoms with van der Waals surface area (Å²) in [7, 11) is 0. The van der Waals surface area contributed by atoms with E-state index in [1.165, 1.54) is 0 Å². The first-order chi connectivity index (χ1) is 7.47. The molecular weight excluding hydrogens is 236 g/mol. The summed E-state index contributed by atoms with van der Waals surface area (Å²) < 4.78 is 5.08. The first-order valence-corrected chi connectivity index (χ1v) is 5.63. The second-order valence-corrected chi connectivity index (χ2v) is 4.44. The number of amidine groups is 1. The number of aliphatic hydroxyl groups excluding tert-OH is 3. The maximum atomic E-state index is 11.3. The molecule has 1 fully saturated rings. The number of ether oxygens (including phenoxy) is 1. The maximum absolute atomic E-state index is 11.3. The molecule has 1 heterocycles. The zero-order valence-electron chi connectivity index (χ0n) is 8.37. The summed E-state index contributed by atoms with van der Waals surface area (Å²) >= 11 is 0.993. The molecule has 8 heteroatoms. The van der Waals surface area contributed by atoms with Gasteiger partial charge in [0.25, 0.3) is 0 Å². The van der Waals surface area contributed by atoms with Gasteiger partial charge in [0, 0.05) is 0 Å². The Kier molecular flexibility index (Phi) is 4.69. The SMILES string of the molecule is N=C(N)CSC1OC(CO)C(=O)C(O)C1O. The van der Waals surface area contributed by atoms with Crippen LogP contribution in [0.2, 0.25) is 0 Å². The molecule has 7 nitrogen and oxygen atoms in total. The maximum Gasteiger partial charge on any atom is 0.195 e. The van der Waals surface area contributed by atoms with E-state index in [-0.39, 0.29) is 11.6 Å². The van der Waals surface area contributed by atoms with Crippen molar-refractivity contribution in [3.8, 4) is 0 Å². The normalized spacial score (nSPS) is 35.1. The molecule has 0 aromatic rings. The molecule has 4 unspecified atom stereocenters. The molecular formula is C8H14N2O5S. The van der Waals surface area contributed by atoms with Crippen molar-refractivity contribution >= 4 is 23.4 Å². The first-order valence-electron chi connectivity index (χ1n) is 4.58. The number of Topliss-reactive ketones (excluding diaryl/α,β-unsaturated/α-hetero) is 1. The van der Waals surface area contributed by atoms with Crippen molar-refractivity contribution in [1.29, 1.82) is 5.41 Å². The number of thioether (sulfide) groups is 1. The predicted octanol–water partition coefficient (Wildman–Crippen LogP) is -2.34. The van der Waals surface area contributed by atoms with Crippen LogP contribution in [0.3, 0.4) is 0 Å². The van der Waals surface area contributed by atoms with Gasteiger partial charge in [0.15, 0.2) is 5.78 Å². The summed E-state index contributed by atoms with van der Waals surface area (Å²) in [5.74, 6) is -0.733. The highest BCUT2D eigenvalue weighted by Crippen LogP contribution is 2.25. The second kappa shape index (κ2) is 5.60. The Hall–Kier alpha value is -0.670. The predicted molar refractivity (Wildman–Crippen MR) is 57.1 cm³/mol. The quantitative estimate of drug-likeness (QED) is 0.278. The molecule has 0 bridgehead atoms. The van der Waals surface area contributed by atoms with E-state index in [4.69, 9.17) is 21.0 Å². The number of carbonyl (C=O) groups excluding carboxylic acids is 1. The van der Waals surface area contributed by atoms with Crippen molar-refractivity contribution in [3.63, 3.8) is 0 Å². The third-order valence-corrected chi connectivity index (χ3v) is 3.27. The molecule has 6 N–H and O–H groups in total. The number of nitrogens with two attached hydrogens (primary N) is 1. The molecule has 1 rings (SSSR count). The molecule has 92 valence electrons. The standard InChI is InChI=1S/C8H14N2O5S/c9-4(10)2-16-8-7(14)6(13)5(12)3(1-11)15-8/h3,6-8,11,13-14H,1-2H2,(H3,9,10). The summed E-state index contributed by atoms with van der Waals surface area (Å²) in [4.78, 5) is 11.3. The molecule has 1 aliphatic heterocycles. The van der Waals surface area contributed by atoms with Gasteiger partial charge < -0.3 is 25.8 Å². The summed E-state index contributed by atoms with van der Waals surface area (Å²) in [5.41, 5.74) is 4.25. The first kappa shape index (κ1) is 13.4. The minimum absolute atomic E-state index is 0.104. The zero-order valence-corrected chi connectivity index (χ0v) is 9.18. The summed E-state index contributed by atoms with van der Waals surface area (Å²) in [6.45, 7) is -0.556. The highest BCUT2D eigenvalue weighted by atomic mass is 32.2. The Morgan fingerprint density at radius 2 is 2.19 bits per heavy atom. The smallest absolute Gasteiger partial charge is 0.195 e. The Morgan fingerprint density at radius 3 is 2.69 bits per heavy atom. The number of rotatable bonds is 4. The summed E-state index contributed by atoms with van der Waals surface area (Å²) in [6.07, 6.45) is -4.09. The Labute approximate surface area is 96.1 Å². The highest BCUT2D eigenvalue weighted by molar-refractivity contribution is 8.00. The van der Waals surface area contributed by atoms with Crippen LogP contribution in [0, 0.1) is 5.41 Å². The van der Waals surface area contributed by atoms with Gasteiger partial charge in [-0.1, -0.05) is 0 Å². The average Bonchev–Trinajstić information content (AvgIpc) is 2.25. The van der Waals surface area contributed by atoms with Gasteiger partial charge in [0.1, 0.15) is 29.6 Å². The van der Waals surface area contributed by atoms with E-state index in [0.29, 0.717) is 0 Å². The minimum atomic E-state index is -1.57. The Balaban J connectivity index is 2.63. The van der Waals surface area contributed by atoms with E-state index in [2.05, 4.69) is 0 Å². The monoisotopic (exact) mass is 250 g/mol. The second-order valence-electron chi connectivity index (χ2n) is 3.35. The van der Waals surface area contributed by atoms with Gasteiger partial charge in [0.05, 0.1) is 12.4 Å². The molecule has 0 amide bonds. The molecule has 0 radical (unpaired) electrons. The van der Waals surface area contributed by atoms with Crippen LogP contribution in [0.25, 0.3) is 0 Å². The largest absolute Gasteiger partial charge is 0.393 e. The van der Waals surface area contributed by atoms with E-state index >= 15 is 0 Å². The fraction of sp³-hybridized carbons (Fsp3) is 0.750. The van der Waals surface area contributed by atoms with Crippen molar-refractivity contribution in [2.75, 3.05) is 12.4 Å². The molecule has 1 aliphatic rings. The van der Waals surface area contributed by atoms with Crippen molar-refractivity contribution < 1.29 is 24.9 Å². The number of ketones is 1. The van der Waals surface area contributed by atoms with Gasteiger partial charge in [-0.3, -0.25) is 10.2 Å². The molecule has 0 aromatic carbocycles. The fourth-order valence-corrected chi connectivity index (χ4v) is 2.16. The van der Waals surface area contributed by atoms with Gasteiger partial charge in [-0.2, -0.15) is 0 Å². The van der Waals surface area contributed by atoms with Crippen LogP contribution in [0.4, 0.5) is 0 Å². The topological polar surface area (TPSA) is 137 Å². The van der Waals surface area contributed by atoms with Crippen molar-refractivity contribution in [1.82, 2.24) is 0 Å². The van der Waals surface area contributed by atoms with Crippen LogP contribution in [-0.2, 0) is 9.53 Å². The molecule has 4 atom stereocenters. The highest BCUT2D eigenvalue weighted by Gasteiger charge is 2.43. The summed E-state index contributed by atoms with van der Waals surface area (Å²) in [6, 6.07) is 0. The molecule has 0 spiro atoms. The van der Waals surface area contributed by atoms with Crippen LogP contribution in [0.1, 0.15) is 0 Å². The lowest BCUT2D eigenvalue weighted by atomic mass is 10.0. The lowest BCUT2D eigenvalue weighted by Crippen LogP contribution is -2.55. The van der Waals surface area contributed by atoms with Gasteiger partial charge >= 0.3 is 0 Å². The third kappa shape index (κ3) is 2.92. The van der Waals surface area contributed by atoms with Crippen LogP contribution < -0.4 is 5.73 Å². The number of aliphatic hydroxyl groups is 3. The van der Waals surface area contributed by atoms with Crippen molar-refractivity contribution in [2.45, 2.75) is 23.7 Å². The lowest BCUT2D eigenvalue weighted by molar-refractivity contribution is -0.172. The fourth-order valence-electron chi connectivity index (χ4n) is 1.26. The lowest BCUT2D eigenvalue weighted by Gasteiger charge is -2.34. The number of hydrogen-bond acceptors (Lipinski definition) is 7. The van der Waals surface area contributed by atoms with Gasteiger partial charge in [-0.05, 0) is 0 Å². The van der Waals surface area contributed by atoms with Crippen LogP contribution >= 0.6 is 11.8 Å². The van der Waals surface area contributed by atoms with E-state index in [9.17, 15) is 15.0 Å². The van der Waals surface area contributed by atoms with Crippen molar-refractivity contribution in [2.24, 2.45) is 5.73 Å². The molecule has 0 aromatic heterocycles.